The second-order valence-corrected chi connectivity index (χ2v) is 5.47. The molecule has 2 N–H and O–H groups in total. The Bertz CT molecular complexity index is 567. The number of benzene rings is 1. The molecule has 0 bridgehead atoms. The molecule has 22 heavy (non-hydrogen) atoms. The molecule has 1 aromatic rings. The number of amidine groups is 1. The van der Waals surface area contributed by atoms with Crippen molar-refractivity contribution in [2.75, 3.05) is 26.3 Å². The number of carbonyl (C=O) groups excluding carboxylic acids is 1. The topological polar surface area (TPSA) is 83.4 Å². The number of hydrogen-bond acceptors (Lipinski definition) is 6. The molecule has 2 aliphatic heterocycles. The minimum atomic E-state index is -1.57. The average molecular weight is 305 g/mol. The molecular weight excluding hydrogens is 286 g/mol. The second-order valence-electron chi connectivity index (χ2n) is 5.47. The van der Waals surface area contributed by atoms with Gasteiger partial charge in [-0.1, -0.05) is 23.4 Å². The maximum Gasteiger partial charge on any atom is 0.259 e. The van der Waals surface area contributed by atoms with Crippen LogP contribution in [-0.2, 0) is 9.57 Å². The van der Waals surface area contributed by atoms with Crippen LogP contribution in [0, 0.1) is 0 Å². The molecule has 7 nitrogen and oxygen atoms in total. The fourth-order valence-corrected chi connectivity index (χ4v) is 2.52. The van der Waals surface area contributed by atoms with Gasteiger partial charge in [0, 0.05) is 25.6 Å². The Kier molecular flexibility index (Phi) is 4.00. The summed E-state index contributed by atoms with van der Waals surface area (Å²) in [6, 6.07) is 8.12. The van der Waals surface area contributed by atoms with E-state index >= 15 is 0 Å². The molecule has 2 aliphatic rings. The molecule has 7 heteroatoms. The zero-order chi connectivity index (χ0) is 15.6. The number of hydrogen-bond donors (Lipinski definition) is 2. The molecule has 118 valence electrons. The van der Waals surface area contributed by atoms with E-state index in [9.17, 15) is 9.90 Å². The number of carbonyl (C=O) groups is 1. The lowest BCUT2D eigenvalue weighted by molar-refractivity contribution is -0.181. The maximum absolute atomic E-state index is 12.3. The van der Waals surface area contributed by atoms with Crippen LogP contribution < -0.4 is 5.32 Å². The third-order valence-electron chi connectivity index (χ3n) is 3.76. The molecule has 0 aromatic heterocycles. The maximum atomic E-state index is 12.3. The molecule has 0 spiro atoms. The van der Waals surface area contributed by atoms with Gasteiger partial charge in [-0.15, -0.1) is 0 Å². The van der Waals surface area contributed by atoms with Crippen molar-refractivity contribution in [3.63, 3.8) is 0 Å². The van der Waals surface area contributed by atoms with Crippen LogP contribution in [0.4, 0.5) is 0 Å². The first kappa shape index (κ1) is 14.8. The number of aliphatic hydroxyl groups is 1. The Labute approximate surface area is 128 Å². The summed E-state index contributed by atoms with van der Waals surface area (Å²) >= 11 is 0. The lowest BCUT2D eigenvalue weighted by Gasteiger charge is -2.32. The van der Waals surface area contributed by atoms with Crippen molar-refractivity contribution in [3.05, 3.63) is 35.9 Å². The van der Waals surface area contributed by atoms with Crippen molar-refractivity contribution in [2.24, 2.45) is 5.16 Å². The van der Waals surface area contributed by atoms with E-state index < -0.39 is 11.8 Å². The van der Waals surface area contributed by atoms with E-state index in [1.807, 2.05) is 11.0 Å². The van der Waals surface area contributed by atoms with E-state index in [-0.39, 0.29) is 5.91 Å². The number of oxime groups is 1. The van der Waals surface area contributed by atoms with Crippen molar-refractivity contribution in [3.8, 4) is 0 Å². The first-order valence-electron chi connectivity index (χ1n) is 7.25. The van der Waals surface area contributed by atoms with Gasteiger partial charge in [0.15, 0.2) is 11.9 Å². The summed E-state index contributed by atoms with van der Waals surface area (Å²) in [5.74, 6) is -1.33. The molecule has 1 amide bonds. The van der Waals surface area contributed by atoms with Crippen LogP contribution in [-0.4, -0.2) is 59.9 Å². The number of rotatable bonds is 2. The molecule has 1 aromatic carbocycles. The fourth-order valence-electron chi connectivity index (χ4n) is 2.52. The van der Waals surface area contributed by atoms with Gasteiger partial charge < -0.3 is 24.9 Å². The standard InChI is InChI=1S/C15H19N3O4/c1-15(20)12(16-14(19)11-5-3-2-4-6-11)13(17-22-15)18-7-9-21-10-8-18/h2-6,12,20H,7-10H2,1H3,(H,16,19)/t12-,15-/m1/s1. The summed E-state index contributed by atoms with van der Waals surface area (Å²) in [4.78, 5) is 19.4. The lowest BCUT2D eigenvalue weighted by atomic mass is 10.1. The van der Waals surface area contributed by atoms with E-state index in [2.05, 4.69) is 10.5 Å². The van der Waals surface area contributed by atoms with Crippen molar-refractivity contribution >= 4 is 11.7 Å². The first-order valence-corrected chi connectivity index (χ1v) is 7.25. The quantitative estimate of drug-likeness (QED) is 0.814. The van der Waals surface area contributed by atoms with Crippen LogP contribution >= 0.6 is 0 Å². The lowest BCUT2D eigenvalue weighted by Crippen LogP contribution is -2.58. The van der Waals surface area contributed by atoms with E-state index in [0.717, 1.165) is 0 Å². The second kappa shape index (κ2) is 5.94. The normalized spacial score (nSPS) is 28.0. The van der Waals surface area contributed by atoms with Crippen molar-refractivity contribution < 1.29 is 19.5 Å². The molecule has 2 heterocycles. The molecule has 3 rings (SSSR count). The van der Waals surface area contributed by atoms with Gasteiger partial charge in [-0.05, 0) is 12.1 Å². The van der Waals surface area contributed by atoms with Gasteiger partial charge in [0.05, 0.1) is 13.2 Å². The van der Waals surface area contributed by atoms with Crippen LogP contribution in [0.5, 0.6) is 0 Å². The predicted molar refractivity (Wildman–Crippen MR) is 79.2 cm³/mol. The summed E-state index contributed by atoms with van der Waals surface area (Å²) in [6.45, 7) is 3.95. The SMILES string of the molecule is C[C@@]1(O)ON=C(N2CCOCC2)[C@H]1NC(=O)c1ccccc1. The Balaban J connectivity index is 1.76. The summed E-state index contributed by atoms with van der Waals surface area (Å²) in [5.41, 5.74) is 0.520. The van der Waals surface area contributed by atoms with Gasteiger partial charge in [0.1, 0.15) is 0 Å². The molecule has 1 saturated heterocycles. The minimum Gasteiger partial charge on any atom is -0.378 e. The molecule has 1 fully saturated rings. The third-order valence-corrected chi connectivity index (χ3v) is 3.76. The van der Waals surface area contributed by atoms with Gasteiger partial charge in [0.25, 0.3) is 11.7 Å². The molecule has 0 unspecified atom stereocenters. The number of nitrogens with zero attached hydrogens (tertiary/aromatic N) is 2. The number of morpholine rings is 1. The summed E-state index contributed by atoms with van der Waals surface area (Å²) in [6.07, 6.45) is 0. The Morgan fingerprint density at radius 2 is 2.05 bits per heavy atom. The number of nitrogens with one attached hydrogen (secondary N) is 1. The summed E-state index contributed by atoms with van der Waals surface area (Å²) in [5, 5.41) is 17.1. The summed E-state index contributed by atoms with van der Waals surface area (Å²) < 4.78 is 5.31. The van der Waals surface area contributed by atoms with E-state index in [0.29, 0.717) is 37.7 Å². The number of ether oxygens (including phenoxy) is 1. The summed E-state index contributed by atoms with van der Waals surface area (Å²) in [7, 11) is 0. The van der Waals surface area contributed by atoms with Crippen LogP contribution in [0.25, 0.3) is 0 Å². The van der Waals surface area contributed by atoms with Crippen LogP contribution in [0.1, 0.15) is 17.3 Å². The number of amides is 1. The van der Waals surface area contributed by atoms with Crippen molar-refractivity contribution in [1.82, 2.24) is 10.2 Å². The van der Waals surface area contributed by atoms with Gasteiger partial charge in [-0.3, -0.25) is 4.79 Å². The van der Waals surface area contributed by atoms with Crippen LogP contribution in [0.2, 0.25) is 0 Å². The third kappa shape index (κ3) is 2.90. The molecule has 0 aliphatic carbocycles. The van der Waals surface area contributed by atoms with E-state index in [1.54, 1.807) is 24.3 Å². The highest BCUT2D eigenvalue weighted by Gasteiger charge is 2.47. The highest BCUT2D eigenvalue weighted by molar-refractivity contribution is 5.99. The van der Waals surface area contributed by atoms with Gasteiger partial charge in [0.2, 0.25) is 0 Å². The Hall–Kier alpha value is -2.12. The zero-order valence-corrected chi connectivity index (χ0v) is 12.4. The highest BCUT2D eigenvalue weighted by atomic mass is 16.7. The fraction of sp³-hybridized carbons (Fsp3) is 0.467. The van der Waals surface area contributed by atoms with Gasteiger partial charge in [-0.2, -0.15) is 0 Å². The molecule has 2 atom stereocenters. The van der Waals surface area contributed by atoms with Crippen LogP contribution in [0.3, 0.4) is 0 Å². The van der Waals surface area contributed by atoms with Crippen LogP contribution in [0.15, 0.2) is 35.5 Å². The Morgan fingerprint density at radius 1 is 1.36 bits per heavy atom. The van der Waals surface area contributed by atoms with Gasteiger partial charge in [-0.25, -0.2) is 0 Å². The molecule has 0 saturated carbocycles. The Morgan fingerprint density at radius 3 is 2.73 bits per heavy atom. The molecular formula is C15H19N3O4. The van der Waals surface area contributed by atoms with Crippen molar-refractivity contribution in [2.45, 2.75) is 18.8 Å². The minimum absolute atomic E-state index is 0.280. The van der Waals surface area contributed by atoms with E-state index in [4.69, 9.17) is 9.57 Å². The smallest absolute Gasteiger partial charge is 0.259 e. The average Bonchev–Trinajstić information content (AvgIpc) is 2.84. The highest BCUT2D eigenvalue weighted by Crippen LogP contribution is 2.23. The van der Waals surface area contributed by atoms with Gasteiger partial charge >= 0.3 is 0 Å². The predicted octanol–water partition coefficient (Wildman–Crippen LogP) is 0.169. The largest absolute Gasteiger partial charge is 0.378 e. The molecule has 0 radical (unpaired) electrons. The van der Waals surface area contributed by atoms with Crippen molar-refractivity contribution in [1.29, 1.82) is 0 Å². The first-order chi connectivity index (χ1) is 10.6. The monoisotopic (exact) mass is 305 g/mol. The zero-order valence-electron chi connectivity index (χ0n) is 12.4. The van der Waals surface area contributed by atoms with E-state index in [1.165, 1.54) is 6.92 Å².